The van der Waals surface area contributed by atoms with Crippen molar-refractivity contribution in [1.29, 1.82) is 0 Å². The zero-order valence-electron chi connectivity index (χ0n) is 16.1. The quantitative estimate of drug-likeness (QED) is 0.502. The predicted octanol–water partition coefficient (Wildman–Crippen LogP) is 2.20. The molecule has 1 aliphatic rings. The largest absolute Gasteiger partial charge is 0.387 e. The van der Waals surface area contributed by atoms with Gasteiger partial charge in [-0.25, -0.2) is 19.8 Å². The Morgan fingerprint density at radius 1 is 1.23 bits per heavy atom. The second-order valence-electron chi connectivity index (χ2n) is 6.79. The molecule has 0 spiro atoms. The molecule has 1 fully saturated rings. The van der Waals surface area contributed by atoms with Crippen LogP contribution < -0.4 is 5.48 Å². The number of ether oxygens (including phenoxy) is 2. The Balaban J connectivity index is 1.67. The summed E-state index contributed by atoms with van der Waals surface area (Å²) in [5.41, 5.74) is 3.54. The van der Waals surface area contributed by atoms with Gasteiger partial charge in [0.05, 0.1) is 17.5 Å². The van der Waals surface area contributed by atoms with Crippen molar-refractivity contribution < 1.29 is 28.9 Å². The average Bonchev–Trinajstić information content (AvgIpc) is 3.28. The third kappa shape index (κ3) is 3.51. The summed E-state index contributed by atoms with van der Waals surface area (Å²) in [6.07, 6.45) is -2.34. The molecule has 4 rings (SSSR count). The van der Waals surface area contributed by atoms with Crippen LogP contribution in [0.1, 0.15) is 17.9 Å². The number of anilines is 1. The molecule has 0 unspecified atom stereocenters. The van der Waals surface area contributed by atoms with E-state index in [0.717, 1.165) is 0 Å². The van der Waals surface area contributed by atoms with E-state index in [1.54, 1.807) is 22.9 Å². The fraction of sp³-hybridized carbons (Fsp3) is 0.368. The maximum absolute atomic E-state index is 13.9. The average molecular weight is 439 g/mol. The molecule has 3 N–H and O–H groups in total. The number of hydrogen-bond donors (Lipinski definition) is 3. The van der Waals surface area contributed by atoms with E-state index in [-0.39, 0.29) is 5.02 Å². The molecule has 1 saturated heterocycles. The number of hydrogen-bond acceptors (Lipinski definition) is 8. The lowest BCUT2D eigenvalue weighted by Crippen LogP contribution is -2.35. The van der Waals surface area contributed by atoms with Crippen LogP contribution in [0.25, 0.3) is 11.0 Å². The van der Waals surface area contributed by atoms with Crippen LogP contribution in [-0.2, 0) is 14.3 Å². The molecule has 0 saturated carbocycles. The number of fused-ring (bicyclic) bond motifs is 1. The van der Waals surface area contributed by atoms with Crippen LogP contribution in [0.5, 0.6) is 0 Å². The van der Waals surface area contributed by atoms with E-state index in [1.807, 2.05) is 0 Å². The number of benzene rings is 1. The van der Waals surface area contributed by atoms with Crippen LogP contribution in [0.2, 0.25) is 5.02 Å². The summed E-state index contributed by atoms with van der Waals surface area (Å²) in [7, 11) is 2.87. The minimum Gasteiger partial charge on any atom is -0.387 e. The van der Waals surface area contributed by atoms with Gasteiger partial charge in [-0.05, 0) is 23.8 Å². The van der Waals surface area contributed by atoms with Crippen LogP contribution in [0.4, 0.5) is 10.2 Å². The highest BCUT2D eigenvalue weighted by Gasteiger charge is 2.48. The number of aliphatic hydroxyl groups excluding tert-OH is 2. The summed E-state index contributed by atoms with van der Waals surface area (Å²) >= 11 is 5.76. The van der Waals surface area contributed by atoms with Gasteiger partial charge < -0.3 is 24.3 Å². The number of aromatic nitrogens is 3. The van der Waals surface area contributed by atoms with Gasteiger partial charge >= 0.3 is 0 Å². The Bertz CT molecular complexity index is 1050. The predicted molar refractivity (Wildman–Crippen MR) is 105 cm³/mol. The topological polar surface area (TPSA) is 111 Å². The maximum atomic E-state index is 13.9. The van der Waals surface area contributed by atoms with Gasteiger partial charge in [0.2, 0.25) is 0 Å². The summed E-state index contributed by atoms with van der Waals surface area (Å²) < 4.78 is 27.0. The van der Waals surface area contributed by atoms with Crippen molar-refractivity contribution >= 4 is 28.5 Å². The van der Waals surface area contributed by atoms with E-state index in [4.69, 9.17) is 25.9 Å². The number of halogens is 2. The van der Waals surface area contributed by atoms with Crippen molar-refractivity contribution in [2.75, 3.05) is 19.7 Å². The van der Waals surface area contributed by atoms with Crippen molar-refractivity contribution in [2.45, 2.75) is 30.6 Å². The molecule has 9 nitrogen and oxygen atoms in total. The highest BCUT2D eigenvalue weighted by molar-refractivity contribution is 6.30. The molecule has 0 amide bonds. The van der Waals surface area contributed by atoms with E-state index < -0.39 is 36.5 Å². The van der Waals surface area contributed by atoms with Crippen LogP contribution in [0, 0.1) is 5.82 Å². The summed E-state index contributed by atoms with van der Waals surface area (Å²) in [5, 5.41) is 22.0. The Labute approximate surface area is 175 Å². The zero-order chi connectivity index (χ0) is 21.4. The molecule has 0 radical (unpaired) electrons. The SMILES string of the molecule is CONc1ncnc2c1ccn2[C@@H]1O[C@H]([C@H](OC)c2ccc(Cl)c(F)c2)[C@@H](O)[C@H]1O. The molecule has 11 heteroatoms. The van der Waals surface area contributed by atoms with E-state index in [0.29, 0.717) is 22.4 Å². The van der Waals surface area contributed by atoms with E-state index in [2.05, 4.69) is 15.4 Å². The monoisotopic (exact) mass is 438 g/mol. The summed E-state index contributed by atoms with van der Waals surface area (Å²) in [6.45, 7) is 0. The second kappa shape index (κ2) is 8.42. The van der Waals surface area contributed by atoms with Gasteiger partial charge in [-0.1, -0.05) is 17.7 Å². The van der Waals surface area contributed by atoms with Gasteiger partial charge in [0, 0.05) is 13.3 Å². The van der Waals surface area contributed by atoms with Crippen molar-refractivity contribution in [3.05, 3.63) is 53.2 Å². The molecule has 1 aromatic carbocycles. The van der Waals surface area contributed by atoms with E-state index >= 15 is 0 Å². The molecule has 3 heterocycles. The van der Waals surface area contributed by atoms with Crippen molar-refractivity contribution in [3.8, 4) is 0 Å². The van der Waals surface area contributed by atoms with Crippen LogP contribution in [-0.4, -0.2) is 57.3 Å². The molecule has 0 bridgehead atoms. The second-order valence-corrected chi connectivity index (χ2v) is 7.20. The standard InChI is InChI=1S/C19H20ClFN4O5/c1-28-15(9-3-4-11(20)12(21)7-9)16-13(26)14(27)19(30-16)25-6-5-10-17(24-29-2)22-8-23-18(10)25/h3-8,13-16,19,26-27H,1-2H3,(H,22,23,24)/t13-,14+,15+,16-,19+/m0/s1. The minimum absolute atomic E-state index is 0.0293. The van der Waals surface area contributed by atoms with Gasteiger partial charge in [-0.3, -0.25) is 4.84 Å². The van der Waals surface area contributed by atoms with Gasteiger partial charge in [0.15, 0.2) is 12.0 Å². The molecule has 1 aliphatic heterocycles. The van der Waals surface area contributed by atoms with Gasteiger partial charge in [-0.2, -0.15) is 0 Å². The number of nitrogens with zero attached hydrogens (tertiary/aromatic N) is 3. The van der Waals surface area contributed by atoms with Crippen LogP contribution in [0.15, 0.2) is 36.8 Å². The highest BCUT2D eigenvalue weighted by Crippen LogP contribution is 2.39. The third-order valence-electron chi connectivity index (χ3n) is 5.08. The van der Waals surface area contributed by atoms with Crippen LogP contribution in [0.3, 0.4) is 0 Å². The molecular formula is C19H20ClFN4O5. The summed E-state index contributed by atoms with van der Waals surface area (Å²) in [5.74, 6) is -0.177. The fourth-order valence-electron chi connectivity index (χ4n) is 3.67. The van der Waals surface area contributed by atoms with E-state index in [1.165, 1.54) is 32.7 Å². The number of nitrogens with one attached hydrogen (secondary N) is 1. The van der Waals surface area contributed by atoms with E-state index in [9.17, 15) is 14.6 Å². The summed E-state index contributed by atoms with van der Waals surface area (Å²) in [6, 6.07) is 5.92. The first kappa shape index (κ1) is 20.9. The van der Waals surface area contributed by atoms with Crippen molar-refractivity contribution in [3.63, 3.8) is 0 Å². The normalized spacial score (nSPS) is 25.0. The molecule has 30 heavy (non-hydrogen) atoms. The Morgan fingerprint density at radius 2 is 2.03 bits per heavy atom. The fourth-order valence-corrected chi connectivity index (χ4v) is 3.79. The van der Waals surface area contributed by atoms with Crippen molar-refractivity contribution in [2.24, 2.45) is 0 Å². The Hall–Kier alpha value is -2.34. The Kier molecular flexibility index (Phi) is 5.87. The smallest absolute Gasteiger partial charge is 0.164 e. The first-order valence-corrected chi connectivity index (χ1v) is 9.44. The third-order valence-corrected chi connectivity index (χ3v) is 5.39. The molecule has 3 aromatic rings. The van der Waals surface area contributed by atoms with Crippen molar-refractivity contribution in [1.82, 2.24) is 14.5 Å². The Morgan fingerprint density at radius 3 is 2.73 bits per heavy atom. The lowest BCUT2D eigenvalue weighted by Gasteiger charge is -2.25. The van der Waals surface area contributed by atoms with Gasteiger partial charge in [0.25, 0.3) is 0 Å². The maximum Gasteiger partial charge on any atom is 0.164 e. The summed E-state index contributed by atoms with van der Waals surface area (Å²) in [4.78, 5) is 13.3. The highest BCUT2D eigenvalue weighted by atomic mass is 35.5. The van der Waals surface area contributed by atoms with Crippen LogP contribution >= 0.6 is 11.6 Å². The lowest BCUT2D eigenvalue weighted by molar-refractivity contribution is -0.0975. The van der Waals surface area contributed by atoms with Gasteiger partial charge in [0.1, 0.15) is 42.2 Å². The zero-order valence-corrected chi connectivity index (χ0v) is 16.8. The number of rotatable bonds is 6. The molecular weight excluding hydrogens is 419 g/mol. The minimum atomic E-state index is -1.30. The first-order valence-electron chi connectivity index (χ1n) is 9.06. The first-order chi connectivity index (χ1) is 14.5. The molecule has 160 valence electrons. The number of methoxy groups -OCH3 is 1. The number of aliphatic hydroxyl groups is 2. The molecule has 5 atom stereocenters. The molecule has 2 aromatic heterocycles. The lowest BCUT2D eigenvalue weighted by atomic mass is 9.99. The molecule has 0 aliphatic carbocycles. The van der Waals surface area contributed by atoms with Gasteiger partial charge in [-0.15, -0.1) is 0 Å².